The number of hydrogen-bond donors (Lipinski definition) is 2. The van der Waals surface area contributed by atoms with Crippen LogP contribution in [0, 0.1) is 0 Å². The van der Waals surface area contributed by atoms with E-state index >= 15 is 0 Å². The van der Waals surface area contributed by atoms with Crippen LogP contribution in [0.15, 0.2) is 0 Å². The van der Waals surface area contributed by atoms with Crippen LogP contribution in [0.25, 0.3) is 0 Å². The van der Waals surface area contributed by atoms with E-state index < -0.39 is 44.8 Å². The minimum absolute atomic E-state index is 0.0408. The van der Waals surface area contributed by atoms with Gasteiger partial charge in [-0.05, 0) is 38.4 Å². The molecule has 0 unspecified atom stereocenters. The van der Waals surface area contributed by atoms with E-state index in [1.54, 1.807) is 13.8 Å². The minimum Gasteiger partial charge on any atom is -0.411 e. The zero-order valence-corrected chi connectivity index (χ0v) is 18.6. The Kier molecular flexibility index (Phi) is 6.66. The molecule has 2 fully saturated rings. The van der Waals surface area contributed by atoms with E-state index in [4.69, 9.17) is 18.6 Å². The van der Waals surface area contributed by atoms with Gasteiger partial charge >= 0.3 is 0 Å². The molecule has 0 spiro atoms. The van der Waals surface area contributed by atoms with Crippen LogP contribution in [-0.2, 0) is 18.6 Å². The predicted molar refractivity (Wildman–Crippen MR) is 102 cm³/mol. The summed E-state index contributed by atoms with van der Waals surface area (Å²) in [4.78, 5) is 0. The van der Waals surface area contributed by atoms with Gasteiger partial charge in [0.2, 0.25) is 0 Å². The van der Waals surface area contributed by atoms with Gasteiger partial charge in [-0.15, -0.1) is 0 Å². The molecule has 2 heterocycles. The van der Waals surface area contributed by atoms with Gasteiger partial charge in [-0.25, -0.2) is 0 Å². The second kappa shape index (κ2) is 7.77. The van der Waals surface area contributed by atoms with E-state index in [2.05, 4.69) is 40.8 Å². The molecule has 0 aromatic rings. The lowest BCUT2D eigenvalue weighted by molar-refractivity contribution is -0.231. The van der Waals surface area contributed by atoms with Gasteiger partial charge in [-0.1, -0.05) is 40.5 Å². The third-order valence-corrected chi connectivity index (χ3v) is 10.4. The van der Waals surface area contributed by atoms with Crippen LogP contribution in [0.2, 0.25) is 18.1 Å². The number of ether oxygens (including phenoxy) is 3. The summed E-state index contributed by atoms with van der Waals surface area (Å²) < 4.78 is 23.8. The fourth-order valence-corrected chi connectivity index (χ4v) is 4.64. The van der Waals surface area contributed by atoms with Crippen LogP contribution < -0.4 is 0 Å². The Balaban J connectivity index is 2.11. The van der Waals surface area contributed by atoms with Crippen LogP contribution >= 0.6 is 0 Å². The first-order valence-electron chi connectivity index (χ1n) is 9.84. The molecular weight excluding hydrogens is 352 g/mol. The molecule has 2 aliphatic rings. The van der Waals surface area contributed by atoms with Gasteiger partial charge in [0.05, 0.1) is 6.10 Å². The van der Waals surface area contributed by atoms with Crippen molar-refractivity contribution in [3.63, 3.8) is 0 Å². The Morgan fingerprint density at radius 1 is 1.19 bits per heavy atom. The number of aliphatic hydroxyl groups is 2. The van der Waals surface area contributed by atoms with E-state index in [0.29, 0.717) is 0 Å². The van der Waals surface area contributed by atoms with Crippen LogP contribution in [-0.4, -0.2) is 61.1 Å². The topological polar surface area (TPSA) is 77.4 Å². The molecule has 0 amide bonds. The number of hydrogen-bond acceptors (Lipinski definition) is 6. The summed E-state index contributed by atoms with van der Waals surface area (Å²) in [6, 6.07) is 0. The van der Waals surface area contributed by atoms with Crippen molar-refractivity contribution in [3.8, 4) is 0 Å². The molecule has 2 aliphatic heterocycles. The average molecular weight is 391 g/mol. The highest BCUT2D eigenvalue weighted by Crippen LogP contribution is 2.41. The van der Waals surface area contributed by atoms with Crippen molar-refractivity contribution in [2.75, 3.05) is 0 Å². The van der Waals surface area contributed by atoms with Crippen molar-refractivity contribution >= 4 is 8.32 Å². The summed E-state index contributed by atoms with van der Waals surface area (Å²) in [5, 5.41) is 21.7. The van der Waals surface area contributed by atoms with Gasteiger partial charge in [0.1, 0.15) is 24.4 Å². The van der Waals surface area contributed by atoms with Crippen LogP contribution in [0.1, 0.15) is 60.8 Å². The molecule has 6 nitrogen and oxygen atoms in total. The summed E-state index contributed by atoms with van der Waals surface area (Å²) >= 11 is 0. The first-order chi connectivity index (χ1) is 11.8. The maximum absolute atomic E-state index is 11.0. The summed E-state index contributed by atoms with van der Waals surface area (Å²) in [6.45, 7) is 16.6. The van der Waals surface area contributed by atoms with Crippen molar-refractivity contribution in [2.45, 2.75) is 122 Å². The highest BCUT2D eigenvalue weighted by atomic mass is 28.4. The van der Waals surface area contributed by atoms with Crippen molar-refractivity contribution in [3.05, 3.63) is 0 Å². The highest BCUT2D eigenvalue weighted by Gasteiger charge is 2.57. The Labute approximate surface area is 159 Å². The van der Waals surface area contributed by atoms with Gasteiger partial charge in [0.25, 0.3) is 0 Å². The molecule has 2 N–H and O–H groups in total. The number of unbranched alkanes of at least 4 members (excludes halogenated alkanes) is 1. The van der Waals surface area contributed by atoms with E-state index in [9.17, 15) is 10.2 Å². The Morgan fingerprint density at radius 3 is 2.31 bits per heavy atom. The van der Waals surface area contributed by atoms with Crippen molar-refractivity contribution in [2.24, 2.45) is 0 Å². The summed E-state index contributed by atoms with van der Waals surface area (Å²) in [7, 11) is -2.06. The third kappa shape index (κ3) is 4.69. The first kappa shape index (κ1) is 22.3. The van der Waals surface area contributed by atoms with Gasteiger partial charge in [-0.3, -0.25) is 0 Å². The van der Waals surface area contributed by atoms with E-state index in [1.165, 1.54) is 0 Å². The Morgan fingerprint density at radius 2 is 1.81 bits per heavy atom. The Bertz CT molecular complexity index is 475. The summed E-state index contributed by atoms with van der Waals surface area (Å²) in [5.41, 5.74) is 0. The lowest BCUT2D eigenvalue weighted by atomic mass is 9.98. The van der Waals surface area contributed by atoms with E-state index in [1.807, 2.05) is 0 Å². The monoisotopic (exact) mass is 390 g/mol. The molecule has 154 valence electrons. The molecule has 0 aliphatic carbocycles. The summed E-state index contributed by atoms with van der Waals surface area (Å²) in [6.07, 6.45) is -1.54. The fourth-order valence-electron chi connectivity index (χ4n) is 3.27. The number of aliphatic hydroxyl groups excluding tert-OH is 2. The van der Waals surface area contributed by atoms with Crippen LogP contribution in [0.5, 0.6) is 0 Å². The maximum Gasteiger partial charge on any atom is 0.192 e. The number of fused-ring (bicyclic) bond motifs is 1. The standard InChI is InChI=1S/C19H38O6Si/c1-9-10-11-12(25-26(7,8)18(2,3)4)13(20)15-14(21)16-17(22-15)24-19(5,6)23-16/h12-17,20-21H,9-11H2,1-8H3/t12-,13+,14-,15+,16+,17+/m0/s1. The minimum atomic E-state index is -2.06. The molecular formula is C19H38O6Si. The van der Waals surface area contributed by atoms with Gasteiger partial charge < -0.3 is 28.8 Å². The van der Waals surface area contributed by atoms with Gasteiger partial charge in [0.15, 0.2) is 20.4 Å². The molecule has 0 radical (unpaired) electrons. The zero-order valence-electron chi connectivity index (χ0n) is 17.6. The lowest BCUT2D eigenvalue weighted by Crippen LogP contribution is -2.52. The largest absolute Gasteiger partial charge is 0.411 e. The third-order valence-electron chi connectivity index (χ3n) is 5.86. The normalized spacial score (nSPS) is 33.9. The SMILES string of the molecule is CCCC[C@H](O[Si](C)(C)C(C)(C)C)[C@@H](O)[C@H]1O[C@@H]2OC(C)(C)O[C@@H]2[C@H]1O. The molecule has 0 bridgehead atoms. The molecule has 0 aromatic carbocycles. The van der Waals surface area contributed by atoms with E-state index in [0.717, 1.165) is 19.3 Å². The maximum atomic E-state index is 11.0. The molecule has 26 heavy (non-hydrogen) atoms. The smallest absolute Gasteiger partial charge is 0.192 e. The van der Waals surface area contributed by atoms with Crippen molar-refractivity contribution < 1.29 is 28.8 Å². The second-order valence-electron chi connectivity index (χ2n) is 9.61. The quantitative estimate of drug-likeness (QED) is 0.650. The van der Waals surface area contributed by atoms with Crippen LogP contribution in [0.4, 0.5) is 0 Å². The highest BCUT2D eigenvalue weighted by molar-refractivity contribution is 6.74. The lowest BCUT2D eigenvalue weighted by Gasteiger charge is -2.41. The van der Waals surface area contributed by atoms with Gasteiger partial charge in [-0.2, -0.15) is 0 Å². The molecule has 0 saturated carbocycles. The first-order valence-corrected chi connectivity index (χ1v) is 12.7. The molecule has 2 rings (SSSR count). The fraction of sp³-hybridized carbons (Fsp3) is 1.00. The molecule has 7 heteroatoms. The van der Waals surface area contributed by atoms with Crippen molar-refractivity contribution in [1.82, 2.24) is 0 Å². The molecule has 2 saturated heterocycles. The zero-order chi connectivity index (χ0) is 19.9. The van der Waals surface area contributed by atoms with E-state index in [-0.39, 0.29) is 11.1 Å². The summed E-state index contributed by atoms with van der Waals surface area (Å²) in [5.74, 6) is -0.786. The van der Waals surface area contributed by atoms with Gasteiger partial charge in [0, 0.05) is 0 Å². The average Bonchev–Trinajstić information content (AvgIpc) is 2.95. The van der Waals surface area contributed by atoms with Crippen molar-refractivity contribution in [1.29, 1.82) is 0 Å². The number of rotatable bonds is 7. The molecule has 6 atom stereocenters. The molecule has 0 aromatic heterocycles. The van der Waals surface area contributed by atoms with Crippen LogP contribution in [0.3, 0.4) is 0 Å². The Hall–Kier alpha value is -0.0231. The predicted octanol–water partition coefficient (Wildman–Crippen LogP) is 3.17. The second-order valence-corrected chi connectivity index (χ2v) is 14.4.